The van der Waals surface area contributed by atoms with Gasteiger partial charge in [-0.15, -0.1) is 0 Å². The first-order valence-corrected chi connectivity index (χ1v) is 5.69. The Balaban J connectivity index is 2.28. The standard InChI is InChI=1S/C14H13N3O/c1-2-3-6-13(18)14-16-9-7-12(17-14)11-5-4-8-15-10-11/h2-5,7-10H,6H2,1H3/b3-2+. The van der Waals surface area contributed by atoms with Gasteiger partial charge in [0.1, 0.15) is 0 Å². The maximum Gasteiger partial charge on any atom is 0.203 e. The molecule has 0 bridgehead atoms. The maximum atomic E-state index is 11.8. The van der Waals surface area contributed by atoms with Gasteiger partial charge in [-0.05, 0) is 25.1 Å². The molecular formula is C14H13N3O. The van der Waals surface area contributed by atoms with E-state index in [4.69, 9.17) is 0 Å². The van der Waals surface area contributed by atoms with Crippen LogP contribution in [0.5, 0.6) is 0 Å². The molecule has 0 aliphatic carbocycles. The van der Waals surface area contributed by atoms with E-state index >= 15 is 0 Å². The zero-order valence-corrected chi connectivity index (χ0v) is 10.1. The quantitative estimate of drug-likeness (QED) is 0.608. The van der Waals surface area contributed by atoms with Crippen LogP contribution in [0.4, 0.5) is 0 Å². The summed E-state index contributed by atoms with van der Waals surface area (Å²) in [5.74, 6) is 0.160. The number of Topliss-reactive ketones (excluding diaryl/α,β-unsaturated/α-hetero) is 1. The van der Waals surface area contributed by atoms with Crippen LogP contribution in [0, 0.1) is 0 Å². The molecule has 0 atom stereocenters. The zero-order chi connectivity index (χ0) is 12.8. The van der Waals surface area contributed by atoms with E-state index in [1.165, 1.54) is 0 Å². The van der Waals surface area contributed by atoms with Crippen LogP contribution in [0.15, 0.2) is 48.9 Å². The highest BCUT2D eigenvalue weighted by atomic mass is 16.1. The largest absolute Gasteiger partial charge is 0.290 e. The topological polar surface area (TPSA) is 55.7 Å². The van der Waals surface area contributed by atoms with Gasteiger partial charge in [0.05, 0.1) is 5.69 Å². The van der Waals surface area contributed by atoms with Crippen molar-refractivity contribution >= 4 is 5.78 Å². The van der Waals surface area contributed by atoms with Crippen molar-refractivity contribution in [1.29, 1.82) is 0 Å². The van der Waals surface area contributed by atoms with Gasteiger partial charge >= 0.3 is 0 Å². The molecule has 0 aliphatic heterocycles. The smallest absolute Gasteiger partial charge is 0.203 e. The fourth-order valence-electron chi connectivity index (χ4n) is 1.48. The van der Waals surface area contributed by atoms with Crippen LogP contribution in [0.1, 0.15) is 24.0 Å². The number of rotatable bonds is 4. The van der Waals surface area contributed by atoms with Crippen LogP contribution >= 0.6 is 0 Å². The summed E-state index contributed by atoms with van der Waals surface area (Å²) in [4.78, 5) is 24.1. The SMILES string of the molecule is C/C=C/CC(=O)c1nccc(-c2cccnc2)n1. The summed E-state index contributed by atoms with van der Waals surface area (Å²) < 4.78 is 0. The molecule has 0 N–H and O–H groups in total. The molecule has 2 rings (SSSR count). The van der Waals surface area contributed by atoms with Crippen molar-refractivity contribution in [3.05, 3.63) is 54.8 Å². The van der Waals surface area contributed by atoms with Crippen LogP contribution in [0.3, 0.4) is 0 Å². The number of nitrogens with zero attached hydrogens (tertiary/aromatic N) is 3. The molecule has 0 saturated carbocycles. The minimum atomic E-state index is -0.0844. The monoisotopic (exact) mass is 239 g/mol. The molecule has 4 nitrogen and oxygen atoms in total. The Labute approximate surface area is 105 Å². The van der Waals surface area contributed by atoms with Crippen molar-refractivity contribution in [2.45, 2.75) is 13.3 Å². The summed E-state index contributed by atoms with van der Waals surface area (Å²) in [6.07, 6.45) is 8.96. The molecule has 90 valence electrons. The molecule has 0 aliphatic rings. The predicted octanol–water partition coefficient (Wildman–Crippen LogP) is 2.69. The molecule has 0 unspecified atom stereocenters. The summed E-state index contributed by atoms with van der Waals surface area (Å²) in [5, 5.41) is 0. The van der Waals surface area contributed by atoms with E-state index in [1.807, 2.05) is 25.1 Å². The van der Waals surface area contributed by atoms with Gasteiger partial charge in [-0.25, -0.2) is 9.97 Å². The van der Waals surface area contributed by atoms with E-state index in [1.54, 1.807) is 30.7 Å². The van der Waals surface area contributed by atoms with Gasteiger partial charge in [0, 0.05) is 30.6 Å². The lowest BCUT2D eigenvalue weighted by molar-refractivity contribution is 0.0986. The second-order valence-electron chi connectivity index (χ2n) is 3.70. The van der Waals surface area contributed by atoms with Crippen molar-refractivity contribution in [2.24, 2.45) is 0 Å². The van der Waals surface area contributed by atoms with Crippen molar-refractivity contribution in [1.82, 2.24) is 15.0 Å². The normalized spacial score (nSPS) is 10.7. The first-order chi connectivity index (χ1) is 8.81. The van der Waals surface area contributed by atoms with Crippen LogP contribution in [0.2, 0.25) is 0 Å². The molecule has 18 heavy (non-hydrogen) atoms. The van der Waals surface area contributed by atoms with Crippen LogP contribution in [-0.2, 0) is 0 Å². The third-order valence-electron chi connectivity index (χ3n) is 2.40. The third-order valence-corrected chi connectivity index (χ3v) is 2.40. The number of pyridine rings is 1. The lowest BCUT2D eigenvalue weighted by Gasteiger charge is -2.01. The Hall–Kier alpha value is -2.36. The van der Waals surface area contributed by atoms with Crippen LogP contribution < -0.4 is 0 Å². The Morgan fingerprint density at radius 3 is 2.94 bits per heavy atom. The van der Waals surface area contributed by atoms with Gasteiger partial charge in [-0.2, -0.15) is 0 Å². The fourth-order valence-corrected chi connectivity index (χ4v) is 1.48. The Morgan fingerprint density at radius 2 is 2.22 bits per heavy atom. The van der Waals surface area contributed by atoms with Gasteiger partial charge < -0.3 is 0 Å². The number of carbonyl (C=O) groups excluding carboxylic acids is 1. The summed E-state index contributed by atoms with van der Waals surface area (Å²) in [7, 11) is 0. The number of allylic oxidation sites excluding steroid dienone is 2. The predicted molar refractivity (Wildman–Crippen MR) is 69.0 cm³/mol. The molecule has 0 fully saturated rings. The number of hydrogen-bond acceptors (Lipinski definition) is 4. The lowest BCUT2D eigenvalue weighted by Crippen LogP contribution is -2.04. The van der Waals surface area contributed by atoms with Gasteiger partial charge in [0.25, 0.3) is 0 Å². The summed E-state index contributed by atoms with van der Waals surface area (Å²) >= 11 is 0. The first-order valence-electron chi connectivity index (χ1n) is 5.69. The molecular weight excluding hydrogens is 226 g/mol. The molecule has 2 aromatic heterocycles. The van der Waals surface area contributed by atoms with Gasteiger partial charge in [-0.1, -0.05) is 12.2 Å². The number of carbonyl (C=O) groups is 1. The van der Waals surface area contributed by atoms with E-state index in [-0.39, 0.29) is 11.6 Å². The molecule has 4 heteroatoms. The average Bonchev–Trinajstić information content (AvgIpc) is 2.46. The minimum absolute atomic E-state index is 0.0844. The highest BCUT2D eigenvalue weighted by Gasteiger charge is 2.08. The molecule has 0 saturated heterocycles. The van der Waals surface area contributed by atoms with E-state index in [9.17, 15) is 4.79 Å². The molecule has 0 radical (unpaired) electrons. The summed E-state index contributed by atoms with van der Waals surface area (Å²) in [6, 6.07) is 5.50. The lowest BCUT2D eigenvalue weighted by atomic mass is 10.2. The van der Waals surface area contributed by atoms with E-state index in [2.05, 4.69) is 15.0 Å². The number of hydrogen-bond donors (Lipinski definition) is 0. The van der Waals surface area contributed by atoms with Crippen LogP contribution in [0.25, 0.3) is 11.3 Å². The molecule has 2 heterocycles. The zero-order valence-electron chi connectivity index (χ0n) is 10.1. The highest BCUT2D eigenvalue weighted by molar-refractivity contribution is 5.93. The Kier molecular flexibility index (Phi) is 3.91. The highest BCUT2D eigenvalue weighted by Crippen LogP contribution is 2.14. The van der Waals surface area contributed by atoms with Crippen molar-refractivity contribution in [2.75, 3.05) is 0 Å². The second kappa shape index (κ2) is 5.82. The van der Waals surface area contributed by atoms with Gasteiger partial charge in [0.2, 0.25) is 5.78 Å². The summed E-state index contributed by atoms with van der Waals surface area (Å²) in [6.45, 7) is 1.88. The number of aromatic nitrogens is 3. The van der Waals surface area contributed by atoms with E-state index < -0.39 is 0 Å². The van der Waals surface area contributed by atoms with Crippen molar-refractivity contribution < 1.29 is 4.79 Å². The molecule has 0 spiro atoms. The first kappa shape index (κ1) is 12.1. The fraction of sp³-hybridized carbons (Fsp3) is 0.143. The molecule has 0 amide bonds. The molecule has 2 aromatic rings. The maximum absolute atomic E-state index is 11.8. The number of ketones is 1. The summed E-state index contributed by atoms with van der Waals surface area (Å²) in [5.41, 5.74) is 1.59. The molecule has 0 aromatic carbocycles. The second-order valence-corrected chi connectivity index (χ2v) is 3.70. The minimum Gasteiger partial charge on any atom is -0.290 e. The van der Waals surface area contributed by atoms with Crippen molar-refractivity contribution in [3.8, 4) is 11.3 Å². The van der Waals surface area contributed by atoms with Gasteiger partial charge in [0.15, 0.2) is 5.82 Å². The van der Waals surface area contributed by atoms with Gasteiger partial charge in [-0.3, -0.25) is 9.78 Å². The van der Waals surface area contributed by atoms with E-state index in [0.29, 0.717) is 12.1 Å². The van der Waals surface area contributed by atoms with Crippen molar-refractivity contribution in [3.63, 3.8) is 0 Å². The Morgan fingerprint density at radius 1 is 1.33 bits per heavy atom. The third kappa shape index (κ3) is 2.85. The Bertz CT molecular complexity index is 564. The van der Waals surface area contributed by atoms with Crippen LogP contribution in [-0.4, -0.2) is 20.7 Å². The average molecular weight is 239 g/mol. The van der Waals surface area contributed by atoms with E-state index in [0.717, 1.165) is 5.56 Å².